The molecule has 4 nitrogen and oxygen atoms in total. The molecule has 0 aromatic heterocycles. The molecule has 0 heterocycles. The number of carbonyl (C=O) groups excluding carboxylic acids is 2. The summed E-state index contributed by atoms with van der Waals surface area (Å²) in [5, 5.41) is 0. The van der Waals surface area contributed by atoms with Crippen molar-refractivity contribution < 1.29 is 19.1 Å². The van der Waals surface area contributed by atoms with Crippen LogP contribution in [0.25, 0.3) is 0 Å². The maximum Gasteiger partial charge on any atom is 0.311 e. The van der Waals surface area contributed by atoms with Gasteiger partial charge in [-0.25, -0.2) is 0 Å². The lowest BCUT2D eigenvalue weighted by atomic mass is 10.2. The molecule has 0 saturated carbocycles. The third kappa shape index (κ3) is 7.31. The van der Waals surface area contributed by atoms with Gasteiger partial charge in [0.2, 0.25) is 0 Å². The third-order valence-corrected chi connectivity index (χ3v) is 3.58. The van der Waals surface area contributed by atoms with Crippen molar-refractivity contribution >= 4 is 11.9 Å². The molecule has 0 amide bonds. The lowest BCUT2D eigenvalue weighted by molar-refractivity contribution is -0.137. The summed E-state index contributed by atoms with van der Waals surface area (Å²) in [4.78, 5) is 23.8. The van der Waals surface area contributed by atoms with Gasteiger partial charge in [0.25, 0.3) is 0 Å². The van der Waals surface area contributed by atoms with Crippen LogP contribution < -0.4 is 9.47 Å². The number of hydrogen-bond donors (Lipinski definition) is 0. The first-order chi connectivity index (χ1) is 11.1. The van der Waals surface area contributed by atoms with Gasteiger partial charge in [0.15, 0.2) is 11.5 Å². The van der Waals surface area contributed by atoms with Gasteiger partial charge in [-0.05, 0) is 31.4 Å². The molecule has 0 aliphatic rings. The van der Waals surface area contributed by atoms with E-state index in [1.54, 1.807) is 12.1 Å². The van der Waals surface area contributed by atoms with Crippen molar-refractivity contribution in [2.45, 2.75) is 72.1 Å². The number of aryl methyl sites for hydroxylation is 1. The van der Waals surface area contributed by atoms with Crippen molar-refractivity contribution in [3.8, 4) is 11.5 Å². The number of esters is 2. The number of hydrogen-bond acceptors (Lipinski definition) is 4. The second-order valence-electron chi connectivity index (χ2n) is 5.76. The largest absolute Gasteiger partial charge is 0.423 e. The summed E-state index contributed by atoms with van der Waals surface area (Å²) < 4.78 is 10.8. The fourth-order valence-electron chi connectivity index (χ4n) is 2.21. The summed E-state index contributed by atoms with van der Waals surface area (Å²) in [5.74, 6) is 0.122. The Morgan fingerprint density at radius 1 is 0.870 bits per heavy atom. The zero-order chi connectivity index (χ0) is 17.1. The van der Waals surface area contributed by atoms with Gasteiger partial charge < -0.3 is 9.47 Å². The fourth-order valence-corrected chi connectivity index (χ4v) is 2.21. The van der Waals surface area contributed by atoms with E-state index in [4.69, 9.17) is 9.47 Å². The summed E-state index contributed by atoms with van der Waals surface area (Å²) in [6, 6.07) is 5.29. The van der Waals surface area contributed by atoms with Crippen molar-refractivity contribution in [2.24, 2.45) is 0 Å². The number of rotatable bonds is 10. The highest BCUT2D eigenvalue weighted by Crippen LogP contribution is 2.31. The van der Waals surface area contributed by atoms with Crippen molar-refractivity contribution in [1.29, 1.82) is 0 Å². The maximum absolute atomic E-state index is 11.9. The lowest BCUT2D eigenvalue weighted by Crippen LogP contribution is -2.12. The molecule has 128 valence electrons. The normalized spacial score (nSPS) is 10.4. The van der Waals surface area contributed by atoms with Gasteiger partial charge in [0.05, 0.1) is 0 Å². The monoisotopic (exact) mass is 320 g/mol. The fraction of sp³-hybridized carbons (Fsp3) is 0.579. The average molecular weight is 320 g/mol. The number of para-hydroxylation sites is 1. The van der Waals surface area contributed by atoms with Gasteiger partial charge >= 0.3 is 11.9 Å². The Labute approximate surface area is 139 Å². The quantitative estimate of drug-likeness (QED) is 0.347. The summed E-state index contributed by atoms with van der Waals surface area (Å²) in [5.41, 5.74) is 0.785. The number of carbonyl (C=O) groups is 2. The van der Waals surface area contributed by atoms with Crippen molar-refractivity contribution in [3.05, 3.63) is 23.8 Å². The molecule has 0 unspecified atom stereocenters. The van der Waals surface area contributed by atoms with Crippen molar-refractivity contribution in [2.75, 3.05) is 0 Å². The number of benzene rings is 1. The van der Waals surface area contributed by atoms with E-state index < -0.39 is 0 Å². The molecule has 4 heteroatoms. The summed E-state index contributed by atoms with van der Waals surface area (Å²) >= 11 is 0. The predicted octanol–water partition coefficient (Wildman–Crippen LogP) is 4.97. The van der Waals surface area contributed by atoms with Crippen LogP contribution in [0.15, 0.2) is 18.2 Å². The van der Waals surface area contributed by atoms with Crippen LogP contribution >= 0.6 is 0 Å². The Morgan fingerprint density at radius 2 is 1.43 bits per heavy atom. The molecular weight excluding hydrogens is 292 g/mol. The van der Waals surface area contributed by atoms with Gasteiger partial charge in [-0.1, -0.05) is 51.7 Å². The summed E-state index contributed by atoms with van der Waals surface area (Å²) in [6.07, 6.45) is 6.50. The van der Waals surface area contributed by atoms with Gasteiger partial charge in [-0.15, -0.1) is 0 Å². The number of unbranched alkanes of at least 4 members (excludes halogenated alkanes) is 4. The van der Waals surface area contributed by atoms with Crippen molar-refractivity contribution in [1.82, 2.24) is 0 Å². The molecule has 1 aromatic carbocycles. The van der Waals surface area contributed by atoms with Crippen LogP contribution in [-0.2, 0) is 9.59 Å². The van der Waals surface area contributed by atoms with Crippen LogP contribution in [0, 0.1) is 6.92 Å². The maximum atomic E-state index is 11.9. The molecule has 0 bridgehead atoms. The van der Waals surface area contributed by atoms with E-state index in [0.29, 0.717) is 24.3 Å². The first-order valence-corrected chi connectivity index (χ1v) is 8.59. The molecule has 0 fully saturated rings. The van der Waals surface area contributed by atoms with Gasteiger partial charge in [0.1, 0.15) is 0 Å². The smallest absolute Gasteiger partial charge is 0.311 e. The van der Waals surface area contributed by atoms with E-state index in [2.05, 4.69) is 13.8 Å². The first-order valence-electron chi connectivity index (χ1n) is 8.59. The van der Waals surface area contributed by atoms with E-state index >= 15 is 0 Å². The molecule has 0 radical (unpaired) electrons. The van der Waals surface area contributed by atoms with Gasteiger partial charge in [0, 0.05) is 12.8 Å². The van der Waals surface area contributed by atoms with Crippen LogP contribution in [0.5, 0.6) is 11.5 Å². The molecule has 0 spiro atoms. The van der Waals surface area contributed by atoms with E-state index in [1.807, 2.05) is 13.0 Å². The van der Waals surface area contributed by atoms with Crippen LogP contribution in [0.3, 0.4) is 0 Å². The lowest BCUT2D eigenvalue weighted by Gasteiger charge is -2.12. The minimum Gasteiger partial charge on any atom is -0.423 e. The number of ether oxygens (including phenoxy) is 2. The van der Waals surface area contributed by atoms with Crippen LogP contribution in [0.4, 0.5) is 0 Å². The minimum atomic E-state index is -0.285. The topological polar surface area (TPSA) is 52.6 Å². The SMILES string of the molecule is CCCCCC(=O)Oc1cccc(C)c1OC(=O)CCCCC. The van der Waals surface area contributed by atoms with E-state index in [1.165, 1.54) is 0 Å². The molecule has 0 atom stereocenters. The Morgan fingerprint density at radius 3 is 2.00 bits per heavy atom. The molecule has 1 rings (SSSR count). The van der Waals surface area contributed by atoms with E-state index in [9.17, 15) is 9.59 Å². The van der Waals surface area contributed by atoms with Crippen molar-refractivity contribution in [3.63, 3.8) is 0 Å². The Bertz CT molecular complexity index is 508. The molecular formula is C19H28O4. The second kappa shape index (κ2) is 10.8. The molecule has 0 aliphatic carbocycles. The van der Waals surface area contributed by atoms with Crippen LogP contribution in [0.2, 0.25) is 0 Å². The summed E-state index contributed by atoms with van der Waals surface area (Å²) in [7, 11) is 0. The standard InChI is InChI=1S/C19H28O4/c1-4-6-8-13-17(20)22-16-12-10-11-15(3)19(16)23-18(21)14-9-7-5-2/h10-12H,4-9,13-14H2,1-3H3. The molecule has 0 aliphatic heterocycles. The van der Waals surface area contributed by atoms with Gasteiger partial charge in [-0.2, -0.15) is 0 Å². The Balaban J connectivity index is 2.67. The molecule has 1 aromatic rings. The predicted molar refractivity (Wildman–Crippen MR) is 90.7 cm³/mol. The van der Waals surface area contributed by atoms with E-state index in [0.717, 1.165) is 44.1 Å². The highest BCUT2D eigenvalue weighted by Gasteiger charge is 2.15. The van der Waals surface area contributed by atoms with Crippen LogP contribution in [0.1, 0.15) is 70.8 Å². The summed E-state index contributed by atoms with van der Waals surface area (Å²) in [6.45, 7) is 6.01. The zero-order valence-electron chi connectivity index (χ0n) is 14.5. The van der Waals surface area contributed by atoms with Gasteiger partial charge in [-0.3, -0.25) is 9.59 Å². The zero-order valence-corrected chi connectivity index (χ0v) is 14.5. The average Bonchev–Trinajstić information content (AvgIpc) is 2.51. The molecule has 23 heavy (non-hydrogen) atoms. The Hall–Kier alpha value is -1.84. The highest BCUT2D eigenvalue weighted by atomic mass is 16.6. The van der Waals surface area contributed by atoms with E-state index in [-0.39, 0.29) is 11.9 Å². The second-order valence-corrected chi connectivity index (χ2v) is 5.76. The first kappa shape index (κ1) is 19.2. The molecule has 0 saturated heterocycles. The van der Waals surface area contributed by atoms with Crippen LogP contribution in [-0.4, -0.2) is 11.9 Å². The molecule has 0 N–H and O–H groups in total. The minimum absolute atomic E-state index is 0.281. The Kier molecular flexibility index (Phi) is 9.03. The third-order valence-electron chi connectivity index (χ3n) is 3.58. The highest BCUT2D eigenvalue weighted by molar-refractivity contribution is 5.76.